The number of hydrogen-bond acceptors (Lipinski definition) is 5. The molecule has 3 rings (SSSR count). The van der Waals surface area contributed by atoms with E-state index in [2.05, 4.69) is 17.2 Å². The molecule has 0 unspecified atom stereocenters. The molecule has 0 atom stereocenters. The fourth-order valence-corrected chi connectivity index (χ4v) is 3.66. The monoisotopic (exact) mass is 384 g/mol. The third kappa shape index (κ3) is 4.61. The fourth-order valence-electron chi connectivity index (χ4n) is 3.66. The van der Waals surface area contributed by atoms with Gasteiger partial charge >= 0.3 is 5.97 Å². The van der Waals surface area contributed by atoms with Crippen LogP contribution in [0.15, 0.2) is 34.9 Å². The van der Waals surface area contributed by atoms with Crippen LogP contribution in [0.4, 0.5) is 0 Å². The van der Waals surface area contributed by atoms with Gasteiger partial charge in [-0.2, -0.15) is 0 Å². The van der Waals surface area contributed by atoms with Crippen molar-refractivity contribution in [3.05, 3.63) is 41.9 Å². The zero-order valence-electron chi connectivity index (χ0n) is 16.8. The van der Waals surface area contributed by atoms with E-state index >= 15 is 0 Å². The van der Waals surface area contributed by atoms with Gasteiger partial charge in [0.15, 0.2) is 11.7 Å². The topological polar surface area (TPSA) is 81.4 Å². The highest BCUT2D eigenvalue weighted by Crippen LogP contribution is 2.33. The van der Waals surface area contributed by atoms with Gasteiger partial charge in [-0.15, -0.1) is 0 Å². The SMILES string of the molecule is COC(=O)C1(NC(=O)CCc2ncc(-c3ccc(C)cc3)o2)CCC(C)CC1. The van der Waals surface area contributed by atoms with Gasteiger partial charge in [-0.05, 0) is 38.5 Å². The number of aromatic nitrogens is 1. The van der Waals surface area contributed by atoms with Crippen LogP contribution in [0.5, 0.6) is 0 Å². The van der Waals surface area contributed by atoms with Gasteiger partial charge in [0, 0.05) is 18.4 Å². The highest BCUT2D eigenvalue weighted by Gasteiger charge is 2.43. The number of rotatable bonds is 6. The van der Waals surface area contributed by atoms with Gasteiger partial charge in [-0.3, -0.25) is 4.79 Å². The minimum Gasteiger partial charge on any atom is -0.467 e. The molecule has 150 valence electrons. The van der Waals surface area contributed by atoms with Crippen LogP contribution in [-0.4, -0.2) is 29.5 Å². The van der Waals surface area contributed by atoms with Crippen molar-refractivity contribution in [2.24, 2.45) is 5.92 Å². The molecular formula is C22H28N2O4. The van der Waals surface area contributed by atoms with Crippen LogP contribution in [-0.2, 0) is 20.7 Å². The average molecular weight is 384 g/mol. The molecule has 1 N–H and O–H groups in total. The molecule has 1 aliphatic rings. The maximum absolute atomic E-state index is 12.5. The standard InChI is InChI=1S/C22H28N2O4/c1-15-4-6-17(7-5-15)18-14-23-20(28-18)9-8-19(25)24-22(21(26)27-3)12-10-16(2)11-13-22/h4-7,14,16H,8-13H2,1-3H3,(H,24,25). The van der Waals surface area contributed by atoms with E-state index < -0.39 is 5.54 Å². The van der Waals surface area contributed by atoms with Crippen LogP contribution in [0.3, 0.4) is 0 Å². The van der Waals surface area contributed by atoms with Crippen molar-refractivity contribution in [1.29, 1.82) is 0 Å². The zero-order chi connectivity index (χ0) is 20.1. The van der Waals surface area contributed by atoms with Gasteiger partial charge in [0.2, 0.25) is 5.91 Å². The molecule has 1 aliphatic carbocycles. The lowest BCUT2D eigenvalue weighted by atomic mass is 9.77. The summed E-state index contributed by atoms with van der Waals surface area (Å²) in [5, 5.41) is 2.94. The van der Waals surface area contributed by atoms with Crippen LogP contribution in [0.2, 0.25) is 0 Å². The first kappa shape index (κ1) is 20.1. The first-order valence-corrected chi connectivity index (χ1v) is 9.83. The molecule has 0 aliphatic heterocycles. The predicted molar refractivity (Wildman–Crippen MR) is 106 cm³/mol. The number of carbonyl (C=O) groups excluding carboxylic acids is 2. The number of oxazole rings is 1. The second-order valence-corrected chi connectivity index (χ2v) is 7.79. The highest BCUT2D eigenvalue weighted by atomic mass is 16.5. The van der Waals surface area contributed by atoms with Crippen molar-refractivity contribution < 1.29 is 18.7 Å². The number of nitrogens with one attached hydrogen (secondary N) is 1. The Morgan fingerprint density at radius 3 is 2.57 bits per heavy atom. The minimum absolute atomic E-state index is 0.185. The van der Waals surface area contributed by atoms with E-state index in [4.69, 9.17) is 9.15 Å². The number of carbonyl (C=O) groups is 2. The summed E-state index contributed by atoms with van der Waals surface area (Å²) in [4.78, 5) is 29.1. The smallest absolute Gasteiger partial charge is 0.331 e. The summed E-state index contributed by atoms with van der Waals surface area (Å²) < 4.78 is 10.7. The molecule has 2 aromatic rings. The molecular weight excluding hydrogens is 356 g/mol. The van der Waals surface area contributed by atoms with Crippen LogP contribution in [0.1, 0.15) is 50.5 Å². The second kappa shape index (κ2) is 8.59. The van der Waals surface area contributed by atoms with Crippen molar-refractivity contribution in [2.75, 3.05) is 7.11 Å². The Kier molecular flexibility index (Phi) is 6.17. The zero-order valence-corrected chi connectivity index (χ0v) is 16.8. The lowest BCUT2D eigenvalue weighted by Gasteiger charge is -2.37. The van der Waals surface area contributed by atoms with Gasteiger partial charge < -0.3 is 14.5 Å². The lowest BCUT2D eigenvalue weighted by Crippen LogP contribution is -2.56. The quantitative estimate of drug-likeness (QED) is 0.766. The summed E-state index contributed by atoms with van der Waals surface area (Å²) >= 11 is 0. The number of benzene rings is 1. The molecule has 0 bridgehead atoms. The lowest BCUT2D eigenvalue weighted by molar-refractivity contribution is -0.153. The Labute approximate surface area is 165 Å². The molecule has 0 radical (unpaired) electrons. The van der Waals surface area contributed by atoms with Gasteiger partial charge in [0.1, 0.15) is 5.54 Å². The highest BCUT2D eigenvalue weighted by molar-refractivity contribution is 5.88. The third-order valence-corrected chi connectivity index (χ3v) is 5.54. The first-order chi connectivity index (χ1) is 13.4. The molecule has 0 spiro atoms. The van der Waals surface area contributed by atoms with E-state index in [1.807, 2.05) is 31.2 Å². The van der Waals surface area contributed by atoms with Crippen molar-refractivity contribution in [2.45, 2.75) is 57.9 Å². The Hall–Kier alpha value is -2.63. The van der Waals surface area contributed by atoms with Crippen molar-refractivity contribution >= 4 is 11.9 Å². The van der Waals surface area contributed by atoms with E-state index in [9.17, 15) is 9.59 Å². The summed E-state index contributed by atoms with van der Waals surface area (Å²) in [7, 11) is 1.37. The molecule has 1 aromatic heterocycles. The fraction of sp³-hybridized carbons (Fsp3) is 0.500. The Balaban J connectivity index is 1.59. The maximum Gasteiger partial charge on any atom is 0.331 e. The molecule has 0 saturated heterocycles. The van der Waals surface area contributed by atoms with Crippen LogP contribution < -0.4 is 5.32 Å². The number of nitrogens with zero attached hydrogens (tertiary/aromatic N) is 1. The van der Waals surface area contributed by atoms with Gasteiger partial charge in [-0.1, -0.05) is 36.8 Å². The average Bonchev–Trinajstić information content (AvgIpc) is 3.17. The number of amides is 1. The van der Waals surface area contributed by atoms with Crippen LogP contribution in [0, 0.1) is 12.8 Å². The molecule has 1 heterocycles. The molecule has 1 fully saturated rings. The summed E-state index contributed by atoms with van der Waals surface area (Å²) in [5.74, 6) is 1.21. The molecule has 6 heteroatoms. The number of aryl methyl sites for hydroxylation is 2. The Morgan fingerprint density at radius 1 is 1.25 bits per heavy atom. The largest absolute Gasteiger partial charge is 0.467 e. The third-order valence-electron chi connectivity index (χ3n) is 5.54. The summed E-state index contributed by atoms with van der Waals surface area (Å²) in [6, 6.07) is 8.00. The molecule has 1 aromatic carbocycles. The summed E-state index contributed by atoms with van der Waals surface area (Å²) in [6.45, 7) is 4.19. The van der Waals surface area contributed by atoms with Gasteiger partial charge in [0.25, 0.3) is 0 Å². The van der Waals surface area contributed by atoms with E-state index in [-0.39, 0.29) is 18.3 Å². The first-order valence-electron chi connectivity index (χ1n) is 9.83. The minimum atomic E-state index is -0.901. The Bertz CT molecular complexity index is 817. The number of hydrogen-bond donors (Lipinski definition) is 1. The normalized spacial score (nSPS) is 21.9. The number of esters is 1. The van der Waals surface area contributed by atoms with E-state index in [1.54, 1.807) is 6.20 Å². The van der Waals surface area contributed by atoms with E-state index in [0.29, 0.717) is 36.8 Å². The number of methoxy groups -OCH3 is 1. The van der Waals surface area contributed by atoms with Crippen molar-refractivity contribution in [3.63, 3.8) is 0 Å². The van der Waals surface area contributed by atoms with Crippen LogP contribution in [0.25, 0.3) is 11.3 Å². The number of ether oxygens (including phenoxy) is 1. The maximum atomic E-state index is 12.5. The van der Waals surface area contributed by atoms with Crippen molar-refractivity contribution in [3.8, 4) is 11.3 Å². The summed E-state index contributed by atoms with van der Waals surface area (Å²) in [6.07, 6.45) is 5.29. The molecule has 6 nitrogen and oxygen atoms in total. The Morgan fingerprint density at radius 2 is 1.93 bits per heavy atom. The van der Waals surface area contributed by atoms with E-state index in [0.717, 1.165) is 18.4 Å². The van der Waals surface area contributed by atoms with Crippen LogP contribution >= 0.6 is 0 Å². The summed E-state index contributed by atoms with van der Waals surface area (Å²) in [5.41, 5.74) is 1.23. The molecule has 28 heavy (non-hydrogen) atoms. The molecule has 1 saturated carbocycles. The molecule has 1 amide bonds. The van der Waals surface area contributed by atoms with Crippen molar-refractivity contribution in [1.82, 2.24) is 10.3 Å². The van der Waals surface area contributed by atoms with Gasteiger partial charge in [-0.25, -0.2) is 9.78 Å². The van der Waals surface area contributed by atoms with E-state index in [1.165, 1.54) is 12.7 Å². The predicted octanol–water partition coefficient (Wildman–Crippen LogP) is 3.82. The van der Waals surface area contributed by atoms with Gasteiger partial charge in [0.05, 0.1) is 13.3 Å². The second-order valence-electron chi connectivity index (χ2n) is 7.79.